The van der Waals surface area contributed by atoms with Crippen LogP contribution in [0.1, 0.15) is 52.9 Å². The molecule has 2 rings (SSSR count). The maximum Gasteiger partial charge on any atom is 0.342 e. The summed E-state index contributed by atoms with van der Waals surface area (Å²) in [5, 5.41) is 0. The fourth-order valence-electron chi connectivity index (χ4n) is 3.52. The maximum atomic E-state index is 13.8. The molecule has 0 aliphatic carbocycles. The average molecular weight is 360 g/mol. The molecule has 0 aliphatic heterocycles. The van der Waals surface area contributed by atoms with E-state index >= 15 is 0 Å². The Kier molecular flexibility index (Phi) is 6.62. The van der Waals surface area contributed by atoms with Crippen LogP contribution in [0.5, 0.6) is 0 Å². The molecule has 0 aromatic heterocycles. The third-order valence-corrected chi connectivity index (χ3v) is 6.73. The van der Waals surface area contributed by atoms with Crippen molar-refractivity contribution in [2.75, 3.05) is 13.2 Å². The van der Waals surface area contributed by atoms with Gasteiger partial charge in [0.15, 0.2) is 0 Å². The quantitative estimate of drug-likeness (QED) is 0.545. The molecule has 1 atom stereocenters. The highest BCUT2D eigenvalue weighted by Crippen LogP contribution is 2.64. The summed E-state index contributed by atoms with van der Waals surface area (Å²) in [4.78, 5) is 0. The molecule has 0 amide bonds. The van der Waals surface area contributed by atoms with Gasteiger partial charge in [-0.05, 0) is 63.8 Å². The van der Waals surface area contributed by atoms with E-state index in [2.05, 4.69) is 39.0 Å². The van der Waals surface area contributed by atoms with Crippen molar-refractivity contribution in [1.82, 2.24) is 0 Å². The van der Waals surface area contributed by atoms with E-state index in [1.165, 1.54) is 5.56 Å². The zero-order valence-corrected chi connectivity index (χ0v) is 17.0. The van der Waals surface area contributed by atoms with Crippen molar-refractivity contribution in [2.45, 2.75) is 47.2 Å². The molecule has 3 nitrogen and oxygen atoms in total. The molecule has 2 aromatic rings. The third-order valence-electron chi connectivity index (χ3n) is 4.30. The first-order valence-electron chi connectivity index (χ1n) is 8.85. The van der Waals surface area contributed by atoms with Gasteiger partial charge < -0.3 is 9.05 Å². The first-order chi connectivity index (χ1) is 11.8. The number of rotatable bonds is 7. The van der Waals surface area contributed by atoms with Crippen molar-refractivity contribution < 1.29 is 13.6 Å². The Morgan fingerprint density at radius 2 is 1.44 bits per heavy atom. The standard InChI is InChI=1S/C21H29O3P/c1-7-23-25(22,24-8-2)21(19-11-9-10-15(3)14-19)20-17(5)12-16(4)13-18(20)6/h9-14,21H,7-8H2,1-6H3. The Morgan fingerprint density at radius 1 is 0.880 bits per heavy atom. The van der Waals surface area contributed by atoms with Crippen LogP contribution in [0.2, 0.25) is 0 Å². The summed E-state index contributed by atoms with van der Waals surface area (Å²) in [5.74, 6) is 0. The predicted molar refractivity (Wildman–Crippen MR) is 105 cm³/mol. The summed E-state index contributed by atoms with van der Waals surface area (Å²) >= 11 is 0. The van der Waals surface area contributed by atoms with Gasteiger partial charge in [0, 0.05) is 0 Å². The lowest BCUT2D eigenvalue weighted by molar-refractivity contribution is 0.215. The van der Waals surface area contributed by atoms with Gasteiger partial charge in [-0.25, -0.2) is 0 Å². The van der Waals surface area contributed by atoms with Crippen molar-refractivity contribution >= 4 is 7.60 Å². The molecular formula is C21H29O3P. The van der Waals surface area contributed by atoms with E-state index in [9.17, 15) is 4.57 Å². The summed E-state index contributed by atoms with van der Waals surface area (Å²) in [7, 11) is -3.36. The van der Waals surface area contributed by atoms with Gasteiger partial charge >= 0.3 is 7.60 Å². The van der Waals surface area contributed by atoms with Crippen LogP contribution in [0.4, 0.5) is 0 Å². The molecule has 2 aromatic carbocycles. The molecule has 4 heteroatoms. The summed E-state index contributed by atoms with van der Waals surface area (Å²) in [5.41, 5.74) is 6.15. The molecule has 0 saturated carbocycles. The van der Waals surface area contributed by atoms with E-state index in [1.807, 2.05) is 39.0 Å². The highest BCUT2D eigenvalue weighted by atomic mass is 31.2. The van der Waals surface area contributed by atoms with Crippen molar-refractivity contribution in [2.24, 2.45) is 0 Å². The zero-order valence-electron chi connectivity index (χ0n) is 16.1. The van der Waals surface area contributed by atoms with Crippen LogP contribution in [0.15, 0.2) is 36.4 Å². The fraction of sp³-hybridized carbons (Fsp3) is 0.429. The van der Waals surface area contributed by atoms with Gasteiger partial charge in [0.05, 0.1) is 13.2 Å². The van der Waals surface area contributed by atoms with Crippen LogP contribution in [0.3, 0.4) is 0 Å². The van der Waals surface area contributed by atoms with Crippen LogP contribution in [0, 0.1) is 27.7 Å². The molecule has 0 radical (unpaired) electrons. The highest BCUT2D eigenvalue weighted by molar-refractivity contribution is 7.54. The number of hydrogen-bond donors (Lipinski definition) is 0. The Balaban J connectivity index is 2.75. The Hall–Kier alpha value is -1.41. The van der Waals surface area contributed by atoms with Crippen LogP contribution >= 0.6 is 7.60 Å². The molecule has 0 spiro atoms. The van der Waals surface area contributed by atoms with E-state index in [1.54, 1.807) is 0 Å². The van der Waals surface area contributed by atoms with Gasteiger partial charge in [0.25, 0.3) is 0 Å². The Morgan fingerprint density at radius 3 is 1.92 bits per heavy atom. The number of aryl methyl sites for hydroxylation is 4. The molecule has 0 bridgehead atoms. The molecule has 0 aliphatic rings. The van der Waals surface area contributed by atoms with Crippen molar-refractivity contribution in [3.8, 4) is 0 Å². The minimum absolute atomic E-state index is 0.351. The van der Waals surface area contributed by atoms with Gasteiger partial charge in [-0.3, -0.25) is 4.57 Å². The monoisotopic (exact) mass is 360 g/mol. The molecular weight excluding hydrogens is 331 g/mol. The molecule has 0 fully saturated rings. The highest BCUT2D eigenvalue weighted by Gasteiger charge is 2.39. The van der Waals surface area contributed by atoms with Crippen molar-refractivity contribution in [1.29, 1.82) is 0 Å². The summed E-state index contributed by atoms with van der Waals surface area (Å²) in [6, 6.07) is 12.4. The third kappa shape index (κ3) is 4.41. The largest absolute Gasteiger partial charge is 0.342 e. The van der Waals surface area contributed by atoms with E-state index < -0.39 is 13.3 Å². The van der Waals surface area contributed by atoms with E-state index in [0.717, 1.165) is 27.8 Å². The van der Waals surface area contributed by atoms with Gasteiger partial charge in [0.2, 0.25) is 0 Å². The van der Waals surface area contributed by atoms with E-state index in [0.29, 0.717) is 13.2 Å². The zero-order chi connectivity index (χ0) is 18.6. The minimum atomic E-state index is -3.36. The smallest absolute Gasteiger partial charge is 0.308 e. The van der Waals surface area contributed by atoms with Crippen molar-refractivity contribution in [3.05, 3.63) is 69.8 Å². The van der Waals surface area contributed by atoms with Crippen molar-refractivity contribution in [3.63, 3.8) is 0 Å². The molecule has 0 N–H and O–H groups in total. The fourth-order valence-corrected chi connectivity index (χ4v) is 5.86. The van der Waals surface area contributed by atoms with E-state index in [-0.39, 0.29) is 0 Å². The summed E-state index contributed by atoms with van der Waals surface area (Å²) in [6.07, 6.45) is 0. The van der Waals surface area contributed by atoms with Crippen LogP contribution in [0.25, 0.3) is 0 Å². The van der Waals surface area contributed by atoms with Crippen LogP contribution in [-0.4, -0.2) is 13.2 Å². The normalized spacial score (nSPS) is 13.0. The van der Waals surface area contributed by atoms with Crippen LogP contribution in [-0.2, 0) is 13.6 Å². The SMILES string of the molecule is CCOP(=O)(OCC)C(c1cccc(C)c1)c1c(C)cc(C)cc1C. The van der Waals surface area contributed by atoms with Crippen LogP contribution < -0.4 is 0 Å². The molecule has 136 valence electrons. The first kappa shape index (κ1) is 19.9. The van der Waals surface area contributed by atoms with Gasteiger partial charge in [0.1, 0.15) is 5.66 Å². The maximum absolute atomic E-state index is 13.8. The summed E-state index contributed by atoms with van der Waals surface area (Å²) in [6.45, 7) is 12.7. The molecule has 25 heavy (non-hydrogen) atoms. The topological polar surface area (TPSA) is 35.5 Å². The Bertz CT molecular complexity index is 749. The van der Waals surface area contributed by atoms with Gasteiger partial charge in [-0.1, -0.05) is 47.5 Å². The van der Waals surface area contributed by atoms with Gasteiger partial charge in [-0.15, -0.1) is 0 Å². The molecule has 1 unspecified atom stereocenters. The predicted octanol–water partition coefficient (Wildman–Crippen LogP) is 6.28. The number of hydrogen-bond acceptors (Lipinski definition) is 3. The lowest BCUT2D eigenvalue weighted by Gasteiger charge is -2.29. The molecule has 0 saturated heterocycles. The second-order valence-corrected chi connectivity index (χ2v) is 8.62. The van der Waals surface area contributed by atoms with Gasteiger partial charge in [-0.2, -0.15) is 0 Å². The lowest BCUT2D eigenvalue weighted by Crippen LogP contribution is -2.11. The second-order valence-electron chi connectivity index (χ2n) is 6.50. The Labute approximate surface area is 151 Å². The lowest BCUT2D eigenvalue weighted by atomic mass is 9.93. The number of benzene rings is 2. The minimum Gasteiger partial charge on any atom is -0.308 e. The molecule has 0 heterocycles. The van der Waals surface area contributed by atoms with E-state index in [4.69, 9.17) is 9.05 Å². The second kappa shape index (κ2) is 8.31. The first-order valence-corrected chi connectivity index (χ1v) is 10.5. The average Bonchev–Trinajstić information content (AvgIpc) is 2.51. The summed E-state index contributed by atoms with van der Waals surface area (Å²) < 4.78 is 25.3.